The summed E-state index contributed by atoms with van der Waals surface area (Å²) in [6.45, 7) is 5.13. The number of benzene rings is 2. The average molecular weight is 391 g/mol. The molecule has 1 aliphatic heterocycles. The SMILES string of the molecule is CCN1CCCC(OC(=O)c2nn(Cc3ccccc3)c(=O)c3ccccc23)C1. The molecule has 6 nitrogen and oxygen atoms in total. The fraction of sp³-hybridized carbons (Fsp3) is 0.348. The smallest absolute Gasteiger partial charge is 0.359 e. The Bertz CT molecular complexity index is 1060. The molecular formula is C23H25N3O3. The molecule has 4 rings (SSSR count). The maximum Gasteiger partial charge on any atom is 0.359 e. The van der Waals surface area contributed by atoms with Crippen LogP contribution in [-0.4, -0.2) is 46.4 Å². The molecule has 1 fully saturated rings. The molecule has 1 aromatic heterocycles. The molecule has 0 aliphatic carbocycles. The molecule has 0 spiro atoms. The number of rotatable bonds is 5. The summed E-state index contributed by atoms with van der Waals surface area (Å²) in [5.41, 5.74) is 0.933. The lowest BCUT2D eigenvalue weighted by molar-refractivity contribution is 0.00715. The van der Waals surface area contributed by atoms with Crippen LogP contribution in [0.3, 0.4) is 0 Å². The first-order chi connectivity index (χ1) is 14.2. The lowest BCUT2D eigenvalue weighted by Gasteiger charge is -2.31. The van der Waals surface area contributed by atoms with Crippen LogP contribution < -0.4 is 5.56 Å². The molecular weight excluding hydrogens is 366 g/mol. The Morgan fingerprint density at radius 2 is 1.83 bits per heavy atom. The van der Waals surface area contributed by atoms with Gasteiger partial charge in [-0.2, -0.15) is 5.10 Å². The predicted octanol–water partition coefficient (Wildman–Crippen LogP) is 3.09. The average Bonchev–Trinajstić information content (AvgIpc) is 2.76. The van der Waals surface area contributed by atoms with Crippen LogP contribution in [0, 0.1) is 0 Å². The largest absolute Gasteiger partial charge is 0.456 e. The molecule has 1 aliphatic rings. The lowest BCUT2D eigenvalue weighted by atomic mass is 10.1. The van der Waals surface area contributed by atoms with E-state index in [-0.39, 0.29) is 17.4 Å². The van der Waals surface area contributed by atoms with E-state index >= 15 is 0 Å². The van der Waals surface area contributed by atoms with E-state index in [4.69, 9.17) is 4.74 Å². The van der Waals surface area contributed by atoms with Crippen molar-refractivity contribution < 1.29 is 9.53 Å². The zero-order chi connectivity index (χ0) is 20.2. The summed E-state index contributed by atoms with van der Waals surface area (Å²) >= 11 is 0. The Balaban J connectivity index is 1.68. The summed E-state index contributed by atoms with van der Waals surface area (Å²) in [7, 11) is 0. The third kappa shape index (κ3) is 4.22. The number of likely N-dealkylation sites (tertiary alicyclic amines) is 1. The standard InChI is InChI=1S/C23H25N3O3/c1-2-25-14-8-11-18(16-25)29-23(28)21-19-12-6-7-13-20(19)22(27)26(24-21)15-17-9-4-3-5-10-17/h3-7,9-10,12-13,18H,2,8,11,14-16H2,1H3. The number of esters is 1. The highest BCUT2D eigenvalue weighted by Crippen LogP contribution is 2.18. The third-order valence-corrected chi connectivity index (χ3v) is 5.42. The van der Waals surface area contributed by atoms with Gasteiger partial charge in [0.1, 0.15) is 6.10 Å². The molecule has 0 amide bonds. The van der Waals surface area contributed by atoms with Gasteiger partial charge in [0.25, 0.3) is 5.56 Å². The minimum atomic E-state index is -0.467. The number of aromatic nitrogens is 2. The quantitative estimate of drug-likeness (QED) is 0.626. The number of nitrogens with zero attached hydrogens (tertiary/aromatic N) is 3. The van der Waals surface area contributed by atoms with Crippen LogP contribution in [-0.2, 0) is 11.3 Å². The van der Waals surface area contributed by atoms with E-state index < -0.39 is 5.97 Å². The van der Waals surface area contributed by atoms with Crippen molar-refractivity contribution in [1.82, 2.24) is 14.7 Å². The van der Waals surface area contributed by atoms with Crippen LogP contribution in [0.5, 0.6) is 0 Å². The summed E-state index contributed by atoms with van der Waals surface area (Å²) in [5, 5.41) is 5.43. The summed E-state index contributed by atoms with van der Waals surface area (Å²) in [4.78, 5) is 28.2. The van der Waals surface area contributed by atoms with Gasteiger partial charge in [-0.1, -0.05) is 55.5 Å². The van der Waals surface area contributed by atoms with Crippen LogP contribution in [0.15, 0.2) is 59.4 Å². The Morgan fingerprint density at radius 3 is 2.59 bits per heavy atom. The molecule has 6 heteroatoms. The molecule has 3 aromatic rings. The van der Waals surface area contributed by atoms with Gasteiger partial charge >= 0.3 is 5.97 Å². The topological polar surface area (TPSA) is 64.4 Å². The summed E-state index contributed by atoms with van der Waals surface area (Å²) < 4.78 is 7.16. The highest BCUT2D eigenvalue weighted by molar-refractivity contribution is 6.02. The van der Waals surface area contributed by atoms with Gasteiger partial charge in [0.05, 0.1) is 11.9 Å². The molecule has 2 aromatic carbocycles. The lowest BCUT2D eigenvalue weighted by Crippen LogP contribution is -2.40. The van der Waals surface area contributed by atoms with Gasteiger partial charge in [0, 0.05) is 11.9 Å². The monoisotopic (exact) mass is 391 g/mol. The van der Waals surface area contributed by atoms with Crippen LogP contribution in [0.1, 0.15) is 35.8 Å². The van der Waals surface area contributed by atoms with Crippen molar-refractivity contribution in [3.63, 3.8) is 0 Å². The van der Waals surface area contributed by atoms with Crippen molar-refractivity contribution in [2.75, 3.05) is 19.6 Å². The minimum absolute atomic E-state index is 0.147. The van der Waals surface area contributed by atoms with Gasteiger partial charge in [0.15, 0.2) is 5.69 Å². The number of hydrogen-bond donors (Lipinski definition) is 0. The Kier molecular flexibility index (Phi) is 5.71. The van der Waals surface area contributed by atoms with Crippen LogP contribution >= 0.6 is 0 Å². The number of carbonyl (C=O) groups is 1. The number of likely N-dealkylation sites (N-methyl/N-ethyl adjacent to an activating group) is 1. The van der Waals surface area contributed by atoms with Crippen molar-refractivity contribution in [2.24, 2.45) is 0 Å². The molecule has 1 atom stereocenters. The molecule has 1 saturated heterocycles. The number of fused-ring (bicyclic) bond motifs is 1. The second-order valence-corrected chi connectivity index (χ2v) is 7.41. The van der Waals surface area contributed by atoms with E-state index in [0.29, 0.717) is 17.3 Å². The second-order valence-electron chi connectivity index (χ2n) is 7.41. The number of piperidine rings is 1. The van der Waals surface area contributed by atoms with Crippen molar-refractivity contribution in [1.29, 1.82) is 0 Å². The first kappa shape index (κ1) is 19.3. The normalized spacial score (nSPS) is 17.3. The molecule has 0 N–H and O–H groups in total. The fourth-order valence-electron chi connectivity index (χ4n) is 3.85. The molecule has 0 saturated carbocycles. The van der Waals surface area contributed by atoms with Crippen molar-refractivity contribution in [3.8, 4) is 0 Å². The maximum absolute atomic E-state index is 13.0. The van der Waals surface area contributed by atoms with E-state index in [1.165, 1.54) is 4.68 Å². The van der Waals surface area contributed by atoms with Gasteiger partial charge in [-0.05, 0) is 37.6 Å². The van der Waals surface area contributed by atoms with Gasteiger partial charge in [-0.15, -0.1) is 0 Å². The molecule has 29 heavy (non-hydrogen) atoms. The number of carbonyl (C=O) groups excluding carboxylic acids is 1. The molecule has 150 valence electrons. The highest BCUT2D eigenvalue weighted by atomic mass is 16.5. The number of hydrogen-bond acceptors (Lipinski definition) is 5. The van der Waals surface area contributed by atoms with E-state index in [2.05, 4.69) is 16.9 Å². The zero-order valence-electron chi connectivity index (χ0n) is 16.6. The second kappa shape index (κ2) is 8.57. The van der Waals surface area contributed by atoms with Crippen molar-refractivity contribution >= 4 is 16.7 Å². The summed E-state index contributed by atoms with van der Waals surface area (Å²) in [5.74, 6) is -0.467. The molecule has 2 heterocycles. The Hall–Kier alpha value is -2.99. The first-order valence-electron chi connectivity index (χ1n) is 10.1. The van der Waals surface area contributed by atoms with Crippen molar-refractivity contribution in [3.05, 3.63) is 76.2 Å². The van der Waals surface area contributed by atoms with Gasteiger partial charge in [-0.25, -0.2) is 9.48 Å². The third-order valence-electron chi connectivity index (χ3n) is 5.42. The van der Waals surface area contributed by atoms with Crippen LogP contribution in [0.25, 0.3) is 10.8 Å². The Morgan fingerprint density at radius 1 is 1.10 bits per heavy atom. The molecule has 0 radical (unpaired) electrons. The fourth-order valence-corrected chi connectivity index (χ4v) is 3.85. The van der Waals surface area contributed by atoms with Gasteiger partial charge < -0.3 is 4.74 Å². The highest BCUT2D eigenvalue weighted by Gasteiger charge is 2.25. The van der Waals surface area contributed by atoms with Crippen LogP contribution in [0.4, 0.5) is 0 Å². The van der Waals surface area contributed by atoms with E-state index in [9.17, 15) is 9.59 Å². The van der Waals surface area contributed by atoms with Crippen molar-refractivity contribution in [2.45, 2.75) is 32.4 Å². The summed E-state index contributed by atoms with van der Waals surface area (Å²) in [6, 6.07) is 16.7. The van der Waals surface area contributed by atoms with Gasteiger partial charge in [0.2, 0.25) is 0 Å². The molecule has 0 bridgehead atoms. The minimum Gasteiger partial charge on any atom is -0.456 e. The van der Waals surface area contributed by atoms with E-state index in [1.807, 2.05) is 30.3 Å². The predicted molar refractivity (Wildman–Crippen MR) is 112 cm³/mol. The van der Waals surface area contributed by atoms with E-state index in [0.717, 1.165) is 38.0 Å². The molecule has 1 unspecified atom stereocenters. The van der Waals surface area contributed by atoms with Crippen LogP contribution in [0.2, 0.25) is 0 Å². The Labute approximate surface area is 169 Å². The number of ether oxygens (including phenoxy) is 1. The maximum atomic E-state index is 13.0. The first-order valence-corrected chi connectivity index (χ1v) is 10.1. The van der Waals surface area contributed by atoms with Gasteiger partial charge in [-0.3, -0.25) is 9.69 Å². The zero-order valence-corrected chi connectivity index (χ0v) is 16.6. The summed E-state index contributed by atoms with van der Waals surface area (Å²) in [6.07, 6.45) is 1.71. The van der Waals surface area contributed by atoms with E-state index in [1.54, 1.807) is 24.3 Å².